The third kappa shape index (κ3) is 4.94. The number of carbonyl (C=O) groups is 1. The van der Waals surface area contributed by atoms with Crippen molar-refractivity contribution in [3.63, 3.8) is 0 Å². The van der Waals surface area contributed by atoms with E-state index in [0.29, 0.717) is 25.1 Å². The van der Waals surface area contributed by atoms with Gasteiger partial charge in [0.1, 0.15) is 12.1 Å². The molecule has 1 aromatic heterocycles. The van der Waals surface area contributed by atoms with Crippen molar-refractivity contribution in [3.8, 4) is 17.1 Å². The number of carbonyl (C=O) groups excluding carboxylic acids is 1. The van der Waals surface area contributed by atoms with E-state index in [1.165, 1.54) is 0 Å². The molecule has 0 aliphatic rings. The van der Waals surface area contributed by atoms with Gasteiger partial charge in [-0.2, -0.15) is 0 Å². The fraction of sp³-hybridized carbons (Fsp3) is 0.286. The smallest absolute Gasteiger partial charge is 0.164 e. The third-order valence-electron chi connectivity index (χ3n) is 4.18. The first kappa shape index (κ1) is 18.6. The highest BCUT2D eigenvalue weighted by atomic mass is 16.5. The van der Waals surface area contributed by atoms with Crippen LogP contribution >= 0.6 is 0 Å². The Morgan fingerprint density at radius 1 is 1.11 bits per heavy atom. The molecule has 3 rings (SSSR count). The quantitative estimate of drug-likeness (QED) is 0.582. The van der Waals surface area contributed by atoms with Gasteiger partial charge in [-0.1, -0.05) is 6.92 Å². The van der Waals surface area contributed by atoms with Crippen molar-refractivity contribution in [2.24, 2.45) is 7.05 Å². The highest BCUT2D eigenvalue weighted by Crippen LogP contribution is 2.19. The van der Waals surface area contributed by atoms with Crippen LogP contribution in [0.5, 0.6) is 5.75 Å². The molecule has 140 valence electrons. The summed E-state index contributed by atoms with van der Waals surface area (Å²) in [6, 6.07) is 15.3. The molecular formula is C21H24N4O2. The van der Waals surface area contributed by atoms with Crippen molar-refractivity contribution < 1.29 is 9.53 Å². The van der Waals surface area contributed by atoms with Gasteiger partial charge in [-0.05, 0) is 55.0 Å². The van der Waals surface area contributed by atoms with E-state index in [-0.39, 0.29) is 5.78 Å². The molecule has 2 aromatic carbocycles. The first-order valence-corrected chi connectivity index (χ1v) is 9.11. The van der Waals surface area contributed by atoms with Crippen LogP contribution < -0.4 is 10.1 Å². The second kappa shape index (κ2) is 8.98. The Morgan fingerprint density at radius 3 is 2.48 bits per heavy atom. The van der Waals surface area contributed by atoms with Crippen LogP contribution in [0.15, 0.2) is 54.9 Å². The maximum absolute atomic E-state index is 12.3. The van der Waals surface area contributed by atoms with Crippen LogP contribution in [0.1, 0.15) is 30.1 Å². The van der Waals surface area contributed by atoms with Crippen molar-refractivity contribution in [1.82, 2.24) is 14.8 Å². The van der Waals surface area contributed by atoms with Gasteiger partial charge in [-0.25, -0.2) is 0 Å². The van der Waals surface area contributed by atoms with Crippen molar-refractivity contribution in [2.45, 2.75) is 19.8 Å². The average Bonchev–Trinajstić information content (AvgIpc) is 3.13. The molecule has 1 N–H and O–H groups in total. The van der Waals surface area contributed by atoms with Crippen molar-refractivity contribution >= 4 is 11.5 Å². The molecule has 0 saturated heterocycles. The van der Waals surface area contributed by atoms with Gasteiger partial charge in [0.05, 0.1) is 6.61 Å². The van der Waals surface area contributed by atoms with Gasteiger partial charge in [0.15, 0.2) is 11.6 Å². The maximum atomic E-state index is 12.3. The van der Waals surface area contributed by atoms with Gasteiger partial charge in [0, 0.05) is 36.8 Å². The summed E-state index contributed by atoms with van der Waals surface area (Å²) in [6.07, 6.45) is 3.07. The Balaban J connectivity index is 1.49. The summed E-state index contributed by atoms with van der Waals surface area (Å²) < 4.78 is 7.41. The summed E-state index contributed by atoms with van der Waals surface area (Å²) in [5, 5.41) is 11.3. The highest BCUT2D eigenvalue weighted by Gasteiger charge is 2.07. The first-order valence-electron chi connectivity index (χ1n) is 9.11. The maximum Gasteiger partial charge on any atom is 0.164 e. The summed E-state index contributed by atoms with van der Waals surface area (Å²) in [6.45, 7) is 3.33. The van der Waals surface area contributed by atoms with Crippen LogP contribution in [0.2, 0.25) is 0 Å². The van der Waals surface area contributed by atoms with E-state index in [0.717, 1.165) is 29.2 Å². The lowest BCUT2D eigenvalue weighted by molar-refractivity contribution is 0.0986. The molecule has 0 aliphatic carbocycles. The van der Waals surface area contributed by atoms with Crippen LogP contribution in [0, 0.1) is 0 Å². The number of benzene rings is 2. The molecule has 0 radical (unpaired) electrons. The number of hydrogen-bond acceptors (Lipinski definition) is 5. The Bertz CT molecular complexity index is 870. The molecule has 0 atom stereocenters. The lowest BCUT2D eigenvalue weighted by Crippen LogP contribution is -2.09. The van der Waals surface area contributed by atoms with E-state index in [1.807, 2.05) is 60.1 Å². The molecule has 6 nitrogen and oxygen atoms in total. The van der Waals surface area contributed by atoms with E-state index < -0.39 is 0 Å². The van der Waals surface area contributed by atoms with Crippen LogP contribution in [-0.2, 0) is 7.05 Å². The molecule has 27 heavy (non-hydrogen) atoms. The number of ether oxygens (including phenoxy) is 1. The van der Waals surface area contributed by atoms with E-state index >= 15 is 0 Å². The fourth-order valence-corrected chi connectivity index (χ4v) is 2.70. The van der Waals surface area contributed by atoms with E-state index in [9.17, 15) is 4.79 Å². The summed E-state index contributed by atoms with van der Waals surface area (Å²) in [4.78, 5) is 12.3. The summed E-state index contributed by atoms with van der Waals surface area (Å²) in [5.74, 6) is 1.73. The molecule has 0 fully saturated rings. The Labute approximate surface area is 159 Å². The van der Waals surface area contributed by atoms with Gasteiger partial charge in [-0.15, -0.1) is 10.2 Å². The molecule has 0 amide bonds. The van der Waals surface area contributed by atoms with E-state index in [4.69, 9.17) is 4.74 Å². The number of anilines is 1. The lowest BCUT2D eigenvalue weighted by Gasteiger charge is -2.08. The first-order chi connectivity index (χ1) is 13.2. The largest absolute Gasteiger partial charge is 0.494 e. The zero-order valence-electron chi connectivity index (χ0n) is 15.7. The zero-order valence-corrected chi connectivity index (χ0v) is 15.7. The third-order valence-corrected chi connectivity index (χ3v) is 4.18. The van der Waals surface area contributed by atoms with Crippen LogP contribution in [0.4, 0.5) is 5.69 Å². The fourth-order valence-electron chi connectivity index (χ4n) is 2.70. The van der Waals surface area contributed by atoms with E-state index in [1.54, 1.807) is 6.33 Å². The highest BCUT2D eigenvalue weighted by molar-refractivity contribution is 5.96. The molecule has 3 aromatic rings. The SMILES string of the molecule is CCCOc1ccc(C(=O)CCNc2ccc(-c3nncn3C)cc2)cc1. The Kier molecular flexibility index (Phi) is 6.20. The van der Waals surface area contributed by atoms with Crippen molar-refractivity contribution in [3.05, 3.63) is 60.4 Å². The number of rotatable bonds is 9. The van der Waals surface area contributed by atoms with Crippen LogP contribution in [0.25, 0.3) is 11.4 Å². The number of aromatic nitrogens is 3. The van der Waals surface area contributed by atoms with Crippen molar-refractivity contribution in [1.29, 1.82) is 0 Å². The predicted molar refractivity (Wildman–Crippen MR) is 106 cm³/mol. The minimum Gasteiger partial charge on any atom is -0.494 e. The number of ketones is 1. The molecular weight excluding hydrogens is 340 g/mol. The standard InChI is InChI=1S/C21H24N4O2/c1-3-14-27-19-10-6-16(7-11-19)20(26)12-13-22-18-8-4-17(5-9-18)21-24-23-15-25(21)2/h4-11,15,22H,3,12-14H2,1-2H3. The molecule has 6 heteroatoms. The van der Waals surface area contributed by atoms with E-state index in [2.05, 4.69) is 22.4 Å². The van der Waals surface area contributed by atoms with Gasteiger partial charge < -0.3 is 14.6 Å². The summed E-state index contributed by atoms with van der Waals surface area (Å²) in [5.41, 5.74) is 2.68. The van der Waals surface area contributed by atoms with Crippen molar-refractivity contribution in [2.75, 3.05) is 18.5 Å². The minimum atomic E-state index is 0.111. The van der Waals surface area contributed by atoms with Crippen LogP contribution in [-0.4, -0.2) is 33.7 Å². The molecule has 0 unspecified atom stereocenters. The molecule has 0 saturated carbocycles. The monoisotopic (exact) mass is 364 g/mol. The second-order valence-corrected chi connectivity index (χ2v) is 6.32. The second-order valence-electron chi connectivity index (χ2n) is 6.32. The minimum absolute atomic E-state index is 0.111. The average molecular weight is 364 g/mol. The normalized spacial score (nSPS) is 10.6. The topological polar surface area (TPSA) is 69.0 Å². The Morgan fingerprint density at radius 2 is 1.85 bits per heavy atom. The molecule has 0 spiro atoms. The van der Waals surface area contributed by atoms with Gasteiger partial charge in [-0.3, -0.25) is 4.79 Å². The van der Waals surface area contributed by atoms with Gasteiger partial charge in [0.2, 0.25) is 0 Å². The number of hydrogen-bond donors (Lipinski definition) is 1. The summed E-state index contributed by atoms with van der Waals surface area (Å²) in [7, 11) is 1.91. The molecule has 0 aliphatic heterocycles. The summed E-state index contributed by atoms with van der Waals surface area (Å²) >= 11 is 0. The number of Topliss-reactive ketones (excluding diaryl/α,β-unsaturated/α-hetero) is 1. The lowest BCUT2D eigenvalue weighted by atomic mass is 10.1. The van der Waals surface area contributed by atoms with Gasteiger partial charge in [0.25, 0.3) is 0 Å². The predicted octanol–water partition coefficient (Wildman–Crippen LogP) is 3.96. The van der Waals surface area contributed by atoms with Gasteiger partial charge >= 0.3 is 0 Å². The zero-order chi connectivity index (χ0) is 19.1. The van der Waals surface area contributed by atoms with Crippen LogP contribution in [0.3, 0.4) is 0 Å². The Hall–Kier alpha value is -3.15. The molecule has 1 heterocycles. The number of aryl methyl sites for hydroxylation is 1. The molecule has 0 bridgehead atoms. The number of nitrogens with one attached hydrogen (secondary N) is 1. The number of nitrogens with zero attached hydrogens (tertiary/aromatic N) is 3.